The Bertz CT molecular complexity index is 318. The summed E-state index contributed by atoms with van der Waals surface area (Å²) in [6, 6.07) is 0.767. The Balaban J connectivity index is 1.46. The SMILES string of the molecule is CCCC1CC(NCC2CCCCC2)CN(CC2CCCC2)C1. The first-order valence-corrected chi connectivity index (χ1v) is 10.8. The van der Waals surface area contributed by atoms with Gasteiger partial charge in [0.05, 0.1) is 0 Å². The molecule has 0 amide bonds. The summed E-state index contributed by atoms with van der Waals surface area (Å²) in [5.41, 5.74) is 0. The lowest BCUT2D eigenvalue weighted by molar-refractivity contribution is 0.115. The van der Waals surface area contributed by atoms with Gasteiger partial charge in [0, 0.05) is 25.7 Å². The van der Waals surface area contributed by atoms with Crippen molar-refractivity contribution >= 4 is 0 Å². The van der Waals surface area contributed by atoms with E-state index in [9.17, 15) is 0 Å². The van der Waals surface area contributed by atoms with Gasteiger partial charge in [0.25, 0.3) is 0 Å². The molecule has 2 saturated carbocycles. The van der Waals surface area contributed by atoms with Crippen LogP contribution in [0.1, 0.15) is 84.0 Å². The van der Waals surface area contributed by atoms with E-state index in [1.54, 1.807) is 0 Å². The minimum atomic E-state index is 0.767. The number of hydrogen-bond donors (Lipinski definition) is 1. The molecule has 0 aromatic rings. The fourth-order valence-electron chi connectivity index (χ4n) is 5.50. The van der Waals surface area contributed by atoms with Gasteiger partial charge in [0.15, 0.2) is 0 Å². The predicted molar refractivity (Wildman–Crippen MR) is 99.8 cm³/mol. The molecule has 0 radical (unpaired) electrons. The van der Waals surface area contributed by atoms with Gasteiger partial charge >= 0.3 is 0 Å². The first kappa shape index (κ1) is 17.7. The van der Waals surface area contributed by atoms with Crippen LogP contribution in [0.15, 0.2) is 0 Å². The summed E-state index contributed by atoms with van der Waals surface area (Å²) in [5, 5.41) is 3.99. The van der Waals surface area contributed by atoms with Gasteiger partial charge in [-0.15, -0.1) is 0 Å². The summed E-state index contributed by atoms with van der Waals surface area (Å²) >= 11 is 0. The van der Waals surface area contributed by atoms with E-state index in [1.807, 2.05) is 0 Å². The van der Waals surface area contributed by atoms with Crippen molar-refractivity contribution in [3.05, 3.63) is 0 Å². The lowest BCUT2D eigenvalue weighted by Crippen LogP contribution is -2.51. The molecule has 0 spiro atoms. The van der Waals surface area contributed by atoms with Crippen LogP contribution in [0.2, 0.25) is 0 Å². The third kappa shape index (κ3) is 5.74. The number of nitrogens with zero attached hydrogens (tertiary/aromatic N) is 1. The van der Waals surface area contributed by atoms with Crippen molar-refractivity contribution in [2.75, 3.05) is 26.2 Å². The molecule has 1 N–H and O–H groups in total. The molecule has 2 atom stereocenters. The van der Waals surface area contributed by atoms with Crippen LogP contribution in [-0.4, -0.2) is 37.1 Å². The molecule has 2 aliphatic carbocycles. The molecule has 2 unspecified atom stereocenters. The van der Waals surface area contributed by atoms with Gasteiger partial charge in [-0.05, 0) is 62.8 Å². The highest BCUT2D eigenvalue weighted by atomic mass is 15.2. The fourth-order valence-corrected chi connectivity index (χ4v) is 5.50. The van der Waals surface area contributed by atoms with Gasteiger partial charge in [-0.3, -0.25) is 0 Å². The van der Waals surface area contributed by atoms with E-state index < -0.39 is 0 Å². The Morgan fingerprint density at radius 1 is 0.826 bits per heavy atom. The molecule has 23 heavy (non-hydrogen) atoms. The second-order valence-corrected chi connectivity index (χ2v) is 8.87. The molecule has 1 heterocycles. The number of rotatable bonds is 7. The Kier molecular flexibility index (Phi) is 7.26. The number of nitrogens with one attached hydrogen (secondary N) is 1. The highest BCUT2D eigenvalue weighted by molar-refractivity contribution is 4.86. The van der Waals surface area contributed by atoms with Crippen molar-refractivity contribution in [1.82, 2.24) is 10.2 Å². The summed E-state index contributed by atoms with van der Waals surface area (Å²) in [6.45, 7) is 7.75. The van der Waals surface area contributed by atoms with Crippen LogP contribution in [0.25, 0.3) is 0 Å². The highest BCUT2D eigenvalue weighted by Crippen LogP contribution is 2.29. The summed E-state index contributed by atoms with van der Waals surface area (Å²) in [6.07, 6.45) is 17.6. The minimum absolute atomic E-state index is 0.767. The van der Waals surface area contributed by atoms with Crippen molar-refractivity contribution in [1.29, 1.82) is 0 Å². The highest BCUT2D eigenvalue weighted by Gasteiger charge is 2.29. The van der Waals surface area contributed by atoms with E-state index in [2.05, 4.69) is 17.1 Å². The molecule has 0 bridgehead atoms. The molecule has 3 fully saturated rings. The van der Waals surface area contributed by atoms with Gasteiger partial charge < -0.3 is 10.2 Å². The molecular weight excluding hydrogens is 280 g/mol. The topological polar surface area (TPSA) is 15.3 Å². The van der Waals surface area contributed by atoms with Crippen LogP contribution >= 0.6 is 0 Å². The number of hydrogen-bond acceptors (Lipinski definition) is 2. The maximum atomic E-state index is 3.99. The molecule has 134 valence electrons. The molecule has 3 aliphatic rings. The Hall–Kier alpha value is -0.0800. The van der Waals surface area contributed by atoms with E-state index in [0.717, 1.165) is 23.8 Å². The van der Waals surface area contributed by atoms with Gasteiger partial charge in [0.2, 0.25) is 0 Å². The van der Waals surface area contributed by atoms with Crippen molar-refractivity contribution in [3.63, 3.8) is 0 Å². The lowest BCUT2D eigenvalue weighted by Gasteiger charge is -2.40. The normalized spacial score (nSPS) is 31.7. The largest absolute Gasteiger partial charge is 0.312 e. The van der Waals surface area contributed by atoms with Crippen LogP contribution in [0.3, 0.4) is 0 Å². The van der Waals surface area contributed by atoms with Crippen molar-refractivity contribution in [3.8, 4) is 0 Å². The van der Waals surface area contributed by atoms with Crippen LogP contribution < -0.4 is 5.32 Å². The minimum Gasteiger partial charge on any atom is -0.312 e. The molecule has 0 aromatic carbocycles. The van der Waals surface area contributed by atoms with E-state index in [-0.39, 0.29) is 0 Å². The van der Waals surface area contributed by atoms with E-state index in [1.165, 1.54) is 103 Å². The van der Waals surface area contributed by atoms with Crippen molar-refractivity contribution < 1.29 is 0 Å². The van der Waals surface area contributed by atoms with Crippen LogP contribution in [0.4, 0.5) is 0 Å². The zero-order valence-electron chi connectivity index (χ0n) is 15.6. The maximum absolute atomic E-state index is 3.99. The third-order valence-electron chi connectivity index (χ3n) is 6.72. The van der Waals surface area contributed by atoms with Gasteiger partial charge in [-0.25, -0.2) is 0 Å². The summed E-state index contributed by atoms with van der Waals surface area (Å²) in [5.74, 6) is 2.92. The van der Waals surface area contributed by atoms with Gasteiger partial charge in [-0.1, -0.05) is 45.4 Å². The van der Waals surface area contributed by atoms with Gasteiger partial charge in [0.1, 0.15) is 0 Å². The number of piperidine rings is 1. The smallest absolute Gasteiger partial charge is 0.0198 e. The maximum Gasteiger partial charge on any atom is 0.0198 e. The monoisotopic (exact) mass is 320 g/mol. The van der Waals surface area contributed by atoms with E-state index >= 15 is 0 Å². The summed E-state index contributed by atoms with van der Waals surface area (Å²) < 4.78 is 0. The fraction of sp³-hybridized carbons (Fsp3) is 1.00. The Labute approximate surface area is 144 Å². The molecular formula is C21H40N2. The van der Waals surface area contributed by atoms with E-state index in [4.69, 9.17) is 0 Å². The zero-order valence-corrected chi connectivity index (χ0v) is 15.6. The lowest BCUT2D eigenvalue weighted by atomic mass is 9.87. The van der Waals surface area contributed by atoms with Gasteiger partial charge in [-0.2, -0.15) is 0 Å². The molecule has 2 heteroatoms. The third-order valence-corrected chi connectivity index (χ3v) is 6.72. The first-order chi connectivity index (χ1) is 11.3. The first-order valence-electron chi connectivity index (χ1n) is 10.8. The molecule has 1 aliphatic heterocycles. The van der Waals surface area contributed by atoms with Crippen LogP contribution in [0, 0.1) is 17.8 Å². The standard InChI is InChI=1S/C21H40N2/c1-2-8-20-13-21(22-14-18-9-4-3-5-10-18)17-23(16-20)15-19-11-6-7-12-19/h18-22H,2-17H2,1H3. The van der Waals surface area contributed by atoms with Crippen molar-refractivity contribution in [2.45, 2.75) is 90.0 Å². The Morgan fingerprint density at radius 2 is 1.52 bits per heavy atom. The zero-order chi connectivity index (χ0) is 15.9. The molecule has 1 saturated heterocycles. The second kappa shape index (κ2) is 9.42. The average molecular weight is 321 g/mol. The van der Waals surface area contributed by atoms with E-state index in [0.29, 0.717) is 0 Å². The van der Waals surface area contributed by atoms with Crippen LogP contribution in [0.5, 0.6) is 0 Å². The predicted octanol–water partition coefficient (Wildman–Crippen LogP) is 4.84. The second-order valence-electron chi connectivity index (χ2n) is 8.87. The molecule has 0 aromatic heterocycles. The molecule has 3 rings (SSSR count). The van der Waals surface area contributed by atoms with Crippen molar-refractivity contribution in [2.24, 2.45) is 17.8 Å². The summed E-state index contributed by atoms with van der Waals surface area (Å²) in [4.78, 5) is 2.83. The summed E-state index contributed by atoms with van der Waals surface area (Å²) in [7, 11) is 0. The average Bonchev–Trinajstić information content (AvgIpc) is 3.07. The van der Waals surface area contributed by atoms with Crippen LogP contribution in [-0.2, 0) is 0 Å². The quantitative estimate of drug-likeness (QED) is 0.722. The number of likely N-dealkylation sites (tertiary alicyclic amines) is 1. The Morgan fingerprint density at radius 3 is 2.26 bits per heavy atom. The molecule has 2 nitrogen and oxygen atoms in total.